The van der Waals surface area contributed by atoms with Gasteiger partial charge in [0.15, 0.2) is 0 Å². The first-order valence-corrected chi connectivity index (χ1v) is 11.0. The molecule has 2 aromatic carbocycles. The molecule has 1 aliphatic rings. The molecule has 0 saturated carbocycles. The lowest BCUT2D eigenvalue weighted by Gasteiger charge is -2.46. The van der Waals surface area contributed by atoms with E-state index in [1.54, 1.807) is 6.07 Å². The third-order valence-electron chi connectivity index (χ3n) is 6.40. The standard InChI is InChI=1S/C25H35N3O2/c1-6-27(7-2)25(30)23-14-9-8-13-22(23)24(20-11-10-12-21(29)15-20)28-17-18(3)26(5)16-19(28)4/h8-15,18-19,24,29H,6-7,16-17H2,1-5H3/t18-,19-,24+/m1/s1. The number of aromatic hydroxyl groups is 1. The molecule has 1 N–H and O–H groups in total. The zero-order chi connectivity index (χ0) is 21.8. The second-order valence-corrected chi connectivity index (χ2v) is 8.40. The highest BCUT2D eigenvalue weighted by molar-refractivity contribution is 5.96. The first-order chi connectivity index (χ1) is 14.4. The fourth-order valence-electron chi connectivity index (χ4n) is 4.54. The normalized spacial score (nSPS) is 21.4. The number of likely N-dealkylation sites (N-methyl/N-ethyl adjacent to an activating group) is 1. The monoisotopic (exact) mass is 409 g/mol. The molecule has 3 atom stereocenters. The van der Waals surface area contributed by atoms with Crippen molar-refractivity contribution in [3.05, 3.63) is 65.2 Å². The first kappa shape index (κ1) is 22.3. The van der Waals surface area contributed by atoms with Gasteiger partial charge < -0.3 is 14.9 Å². The van der Waals surface area contributed by atoms with E-state index in [0.717, 1.165) is 29.8 Å². The molecule has 0 unspecified atom stereocenters. The summed E-state index contributed by atoms with van der Waals surface area (Å²) in [7, 11) is 2.17. The predicted molar refractivity (Wildman–Crippen MR) is 122 cm³/mol. The van der Waals surface area contributed by atoms with Gasteiger partial charge in [-0.25, -0.2) is 0 Å². The van der Waals surface area contributed by atoms with E-state index in [1.807, 2.05) is 49.1 Å². The maximum atomic E-state index is 13.4. The summed E-state index contributed by atoms with van der Waals surface area (Å²) in [5, 5.41) is 10.2. The van der Waals surface area contributed by atoms with Crippen molar-refractivity contribution in [1.29, 1.82) is 0 Å². The van der Waals surface area contributed by atoms with Crippen LogP contribution in [0.2, 0.25) is 0 Å². The van der Waals surface area contributed by atoms with Crippen molar-refractivity contribution in [1.82, 2.24) is 14.7 Å². The number of phenolic OH excluding ortho intramolecular Hbond substituents is 1. The number of nitrogens with zero attached hydrogens (tertiary/aromatic N) is 3. The molecule has 1 amide bonds. The smallest absolute Gasteiger partial charge is 0.254 e. The number of hydrogen-bond acceptors (Lipinski definition) is 4. The number of hydrogen-bond donors (Lipinski definition) is 1. The molecule has 162 valence electrons. The average molecular weight is 410 g/mol. The number of rotatable bonds is 6. The molecule has 5 nitrogen and oxygen atoms in total. The van der Waals surface area contributed by atoms with E-state index < -0.39 is 0 Å². The highest BCUT2D eigenvalue weighted by Gasteiger charge is 2.35. The Balaban J connectivity index is 2.14. The topological polar surface area (TPSA) is 47.0 Å². The summed E-state index contributed by atoms with van der Waals surface area (Å²) < 4.78 is 0. The summed E-state index contributed by atoms with van der Waals surface area (Å²) in [6.07, 6.45) is 0. The van der Waals surface area contributed by atoms with Crippen LogP contribution in [0.25, 0.3) is 0 Å². The van der Waals surface area contributed by atoms with Gasteiger partial charge in [-0.2, -0.15) is 0 Å². The predicted octanol–water partition coefficient (Wildman–Crippen LogP) is 3.99. The highest BCUT2D eigenvalue weighted by atomic mass is 16.3. The van der Waals surface area contributed by atoms with Crippen molar-refractivity contribution in [2.24, 2.45) is 0 Å². The van der Waals surface area contributed by atoms with Crippen molar-refractivity contribution >= 4 is 5.91 Å². The highest BCUT2D eigenvalue weighted by Crippen LogP contribution is 2.36. The number of carbonyl (C=O) groups excluding carboxylic acids is 1. The molecule has 1 fully saturated rings. The molecule has 2 aromatic rings. The molecule has 0 aliphatic carbocycles. The second-order valence-electron chi connectivity index (χ2n) is 8.40. The molecule has 5 heteroatoms. The number of phenols is 1. The summed E-state index contributed by atoms with van der Waals surface area (Å²) in [6, 6.07) is 16.1. The van der Waals surface area contributed by atoms with E-state index in [4.69, 9.17) is 0 Å². The molecule has 3 rings (SSSR count). The van der Waals surface area contributed by atoms with E-state index >= 15 is 0 Å². The third kappa shape index (κ3) is 4.52. The van der Waals surface area contributed by atoms with E-state index in [0.29, 0.717) is 25.2 Å². The Morgan fingerprint density at radius 2 is 1.77 bits per heavy atom. The lowest BCUT2D eigenvalue weighted by Crippen LogP contribution is -2.56. The molecule has 1 saturated heterocycles. The summed E-state index contributed by atoms with van der Waals surface area (Å²) in [6.45, 7) is 11.7. The maximum absolute atomic E-state index is 13.4. The van der Waals surface area contributed by atoms with E-state index in [2.05, 4.69) is 42.8 Å². The molecule has 1 heterocycles. The Hall–Kier alpha value is -2.37. The molecular weight excluding hydrogens is 374 g/mol. The average Bonchev–Trinajstić information content (AvgIpc) is 2.73. The number of carbonyl (C=O) groups is 1. The van der Waals surface area contributed by atoms with Crippen LogP contribution in [-0.4, -0.2) is 71.0 Å². The molecule has 0 bridgehead atoms. The lowest BCUT2D eigenvalue weighted by atomic mass is 9.90. The minimum absolute atomic E-state index is 0.0654. The molecule has 1 aliphatic heterocycles. The summed E-state index contributed by atoms with van der Waals surface area (Å²) in [5.41, 5.74) is 2.76. The Morgan fingerprint density at radius 3 is 2.43 bits per heavy atom. The maximum Gasteiger partial charge on any atom is 0.254 e. The quantitative estimate of drug-likeness (QED) is 0.784. The zero-order valence-electron chi connectivity index (χ0n) is 18.9. The van der Waals surface area contributed by atoms with E-state index in [9.17, 15) is 9.90 Å². The van der Waals surface area contributed by atoms with Gasteiger partial charge in [-0.15, -0.1) is 0 Å². The third-order valence-corrected chi connectivity index (χ3v) is 6.40. The fourth-order valence-corrected chi connectivity index (χ4v) is 4.54. The van der Waals surface area contributed by atoms with Gasteiger partial charge in [-0.05, 0) is 64.1 Å². The minimum atomic E-state index is -0.0982. The van der Waals surface area contributed by atoms with Gasteiger partial charge >= 0.3 is 0 Å². The summed E-state index contributed by atoms with van der Waals surface area (Å²) in [4.78, 5) is 20.1. The van der Waals surface area contributed by atoms with Crippen molar-refractivity contribution in [2.45, 2.75) is 45.8 Å². The Bertz CT molecular complexity index is 865. The molecule has 0 spiro atoms. The van der Waals surface area contributed by atoms with Crippen molar-refractivity contribution in [3.8, 4) is 5.75 Å². The van der Waals surface area contributed by atoms with Crippen LogP contribution in [0.1, 0.15) is 55.2 Å². The van der Waals surface area contributed by atoms with Gasteiger partial charge in [0.25, 0.3) is 5.91 Å². The van der Waals surface area contributed by atoms with Crippen LogP contribution in [0.4, 0.5) is 0 Å². The number of benzene rings is 2. The molecule has 0 radical (unpaired) electrons. The van der Waals surface area contributed by atoms with Crippen LogP contribution < -0.4 is 0 Å². The lowest BCUT2D eigenvalue weighted by molar-refractivity contribution is 0.0384. The molecule has 30 heavy (non-hydrogen) atoms. The van der Waals surface area contributed by atoms with Crippen molar-refractivity contribution < 1.29 is 9.90 Å². The van der Waals surface area contributed by atoms with Gasteiger partial charge in [0.05, 0.1) is 6.04 Å². The zero-order valence-corrected chi connectivity index (χ0v) is 18.9. The Kier molecular flexibility index (Phi) is 7.16. The SMILES string of the molecule is CCN(CC)C(=O)c1ccccc1[C@H](c1cccc(O)c1)N1C[C@@H](C)N(C)C[C@H]1C. The Labute approximate surface area is 180 Å². The number of piperazine rings is 1. The van der Waals surface area contributed by atoms with Gasteiger partial charge in [-0.1, -0.05) is 30.3 Å². The van der Waals surface area contributed by atoms with E-state index in [1.165, 1.54) is 0 Å². The minimum Gasteiger partial charge on any atom is -0.508 e. The van der Waals surface area contributed by atoms with Gasteiger partial charge in [0.1, 0.15) is 5.75 Å². The van der Waals surface area contributed by atoms with Crippen molar-refractivity contribution in [2.75, 3.05) is 33.2 Å². The second kappa shape index (κ2) is 9.63. The van der Waals surface area contributed by atoms with Crippen LogP contribution in [0.15, 0.2) is 48.5 Å². The fraction of sp³-hybridized carbons (Fsp3) is 0.480. The summed E-state index contributed by atoms with van der Waals surface area (Å²) >= 11 is 0. The van der Waals surface area contributed by atoms with Gasteiger partial charge in [0.2, 0.25) is 0 Å². The van der Waals surface area contributed by atoms with Crippen LogP contribution >= 0.6 is 0 Å². The van der Waals surface area contributed by atoms with Crippen LogP contribution in [0.5, 0.6) is 5.75 Å². The van der Waals surface area contributed by atoms with Crippen LogP contribution in [-0.2, 0) is 0 Å². The van der Waals surface area contributed by atoms with Crippen LogP contribution in [0.3, 0.4) is 0 Å². The Morgan fingerprint density at radius 1 is 1.07 bits per heavy atom. The molecule has 0 aromatic heterocycles. The first-order valence-electron chi connectivity index (χ1n) is 11.0. The summed E-state index contributed by atoms with van der Waals surface area (Å²) in [5.74, 6) is 0.315. The van der Waals surface area contributed by atoms with Crippen molar-refractivity contribution in [3.63, 3.8) is 0 Å². The number of amides is 1. The van der Waals surface area contributed by atoms with Crippen LogP contribution in [0, 0.1) is 0 Å². The van der Waals surface area contributed by atoms with Gasteiger partial charge in [-0.3, -0.25) is 9.69 Å². The molecular formula is C25H35N3O2. The van der Waals surface area contributed by atoms with Gasteiger partial charge in [0, 0.05) is 43.8 Å². The largest absolute Gasteiger partial charge is 0.508 e. The van der Waals surface area contributed by atoms with E-state index in [-0.39, 0.29) is 17.7 Å².